The second-order valence-corrected chi connectivity index (χ2v) is 4.85. The van der Waals surface area contributed by atoms with Crippen LogP contribution < -0.4 is 5.32 Å². The molecule has 7 nitrogen and oxygen atoms in total. The molecule has 1 saturated carbocycles. The summed E-state index contributed by atoms with van der Waals surface area (Å²) in [5, 5.41) is 59.3. The van der Waals surface area contributed by atoms with E-state index in [0.29, 0.717) is 6.42 Å². The van der Waals surface area contributed by atoms with Crippen LogP contribution in [-0.2, 0) is 0 Å². The number of aliphatic hydroxyl groups is 6. The fraction of sp³-hybridized carbons (Fsp3) is 1.00. The molecule has 0 saturated heterocycles. The molecular weight excluding hydrogens is 242 g/mol. The average Bonchev–Trinajstić information content (AvgIpc) is 2.38. The molecule has 0 aliphatic heterocycles. The predicted octanol–water partition coefficient (Wildman–Crippen LogP) is -3.07. The fourth-order valence-electron chi connectivity index (χ4n) is 2.19. The molecule has 108 valence electrons. The summed E-state index contributed by atoms with van der Waals surface area (Å²) < 4.78 is 0. The van der Waals surface area contributed by atoms with Crippen LogP contribution in [0.2, 0.25) is 0 Å². The van der Waals surface area contributed by atoms with Gasteiger partial charge < -0.3 is 36.0 Å². The van der Waals surface area contributed by atoms with E-state index >= 15 is 0 Å². The van der Waals surface area contributed by atoms with Crippen LogP contribution in [0.25, 0.3) is 0 Å². The summed E-state index contributed by atoms with van der Waals surface area (Å²) in [6.07, 6.45) is -4.09. The number of hydrogen-bond acceptors (Lipinski definition) is 7. The zero-order valence-electron chi connectivity index (χ0n) is 10.2. The van der Waals surface area contributed by atoms with Crippen molar-refractivity contribution < 1.29 is 30.6 Å². The Labute approximate surface area is 106 Å². The topological polar surface area (TPSA) is 133 Å². The summed E-state index contributed by atoms with van der Waals surface area (Å²) in [6.45, 7) is -0.479. The Morgan fingerprint density at radius 2 is 1.44 bits per heavy atom. The smallest absolute Gasteiger partial charge is 0.108 e. The highest BCUT2D eigenvalue weighted by Crippen LogP contribution is 2.20. The first-order valence-electron chi connectivity index (χ1n) is 6.19. The molecule has 0 heterocycles. The van der Waals surface area contributed by atoms with Gasteiger partial charge in [-0.3, -0.25) is 0 Å². The van der Waals surface area contributed by atoms with Crippen molar-refractivity contribution in [2.75, 3.05) is 13.2 Å². The van der Waals surface area contributed by atoms with Gasteiger partial charge in [-0.15, -0.1) is 0 Å². The van der Waals surface area contributed by atoms with Crippen LogP contribution in [0, 0.1) is 0 Å². The van der Waals surface area contributed by atoms with E-state index in [1.807, 2.05) is 0 Å². The number of aliphatic hydroxyl groups excluding tert-OH is 6. The highest BCUT2D eigenvalue weighted by atomic mass is 16.4. The molecule has 1 aliphatic carbocycles. The van der Waals surface area contributed by atoms with Gasteiger partial charge in [0.15, 0.2) is 0 Å². The van der Waals surface area contributed by atoms with Crippen molar-refractivity contribution in [1.29, 1.82) is 0 Å². The lowest BCUT2D eigenvalue weighted by atomic mass is 9.89. The minimum atomic E-state index is -1.40. The quantitative estimate of drug-likeness (QED) is 0.287. The van der Waals surface area contributed by atoms with Crippen molar-refractivity contribution in [2.24, 2.45) is 0 Å². The predicted molar refractivity (Wildman–Crippen MR) is 62.8 cm³/mol. The second kappa shape index (κ2) is 7.34. The molecule has 0 aromatic carbocycles. The normalized spacial score (nSPS) is 38.5. The molecule has 0 spiro atoms. The Hall–Kier alpha value is -0.280. The van der Waals surface area contributed by atoms with E-state index in [-0.39, 0.29) is 32.1 Å². The highest BCUT2D eigenvalue weighted by molar-refractivity contribution is 4.89. The van der Waals surface area contributed by atoms with Gasteiger partial charge in [-0.05, 0) is 19.3 Å². The zero-order valence-corrected chi connectivity index (χ0v) is 10.2. The summed E-state index contributed by atoms with van der Waals surface area (Å²) in [5.41, 5.74) is 0. The van der Waals surface area contributed by atoms with Crippen LogP contribution in [0.4, 0.5) is 0 Å². The molecular formula is C11H23NO6. The summed E-state index contributed by atoms with van der Waals surface area (Å²) in [6, 6.07) is -0.748. The van der Waals surface area contributed by atoms with Gasteiger partial charge in [-0.25, -0.2) is 0 Å². The van der Waals surface area contributed by atoms with Gasteiger partial charge in [0.2, 0.25) is 0 Å². The maximum Gasteiger partial charge on any atom is 0.108 e. The van der Waals surface area contributed by atoms with E-state index in [9.17, 15) is 20.4 Å². The van der Waals surface area contributed by atoms with Gasteiger partial charge in [-0.2, -0.15) is 0 Å². The van der Waals surface area contributed by atoms with Gasteiger partial charge in [0.05, 0.1) is 31.5 Å². The lowest BCUT2D eigenvalue weighted by Crippen LogP contribution is -2.52. The first-order valence-corrected chi connectivity index (χ1v) is 6.19. The van der Waals surface area contributed by atoms with E-state index in [4.69, 9.17) is 10.2 Å². The third-order valence-corrected chi connectivity index (χ3v) is 3.39. The maximum absolute atomic E-state index is 9.71. The van der Waals surface area contributed by atoms with Crippen molar-refractivity contribution in [3.05, 3.63) is 0 Å². The van der Waals surface area contributed by atoms with Gasteiger partial charge in [0.1, 0.15) is 12.2 Å². The number of hydrogen-bond donors (Lipinski definition) is 7. The van der Waals surface area contributed by atoms with Crippen molar-refractivity contribution in [1.82, 2.24) is 5.32 Å². The Morgan fingerprint density at radius 3 is 2.00 bits per heavy atom. The number of rotatable bonds is 4. The molecule has 0 bridgehead atoms. The first kappa shape index (κ1) is 15.8. The van der Waals surface area contributed by atoms with Gasteiger partial charge in [0.25, 0.3) is 0 Å². The molecule has 1 fully saturated rings. The first-order chi connectivity index (χ1) is 8.49. The zero-order chi connectivity index (χ0) is 13.7. The van der Waals surface area contributed by atoms with Gasteiger partial charge in [0, 0.05) is 6.04 Å². The Bertz CT molecular complexity index is 238. The van der Waals surface area contributed by atoms with Gasteiger partial charge >= 0.3 is 0 Å². The largest absolute Gasteiger partial charge is 0.395 e. The highest BCUT2D eigenvalue weighted by Gasteiger charge is 2.34. The lowest BCUT2D eigenvalue weighted by Gasteiger charge is -2.34. The molecule has 1 rings (SSSR count). The summed E-state index contributed by atoms with van der Waals surface area (Å²) >= 11 is 0. The molecule has 0 aromatic rings. The van der Waals surface area contributed by atoms with E-state index in [1.165, 1.54) is 0 Å². The molecule has 0 amide bonds. The average molecular weight is 265 g/mol. The van der Waals surface area contributed by atoms with Crippen LogP contribution in [0.15, 0.2) is 0 Å². The Morgan fingerprint density at radius 1 is 0.889 bits per heavy atom. The van der Waals surface area contributed by atoms with Crippen molar-refractivity contribution in [3.63, 3.8) is 0 Å². The number of nitrogens with one attached hydrogen (secondary N) is 1. The van der Waals surface area contributed by atoms with Crippen LogP contribution in [0.5, 0.6) is 0 Å². The van der Waals surface area contributed by atoms with Crippen LogP contribution in [-0.4, -0.2) is 80.4 Å². The molecule has 0 aromatic heterocycles. The maximum atomic E-state index is 9.71. The summed E-state index contributed by atoms with van der Waals surface area (Å²) in [4.78, 5) is 0. The van der Waals surface area contributed by atoms with Crippen LogP contribution in [0.1, 0.15) is 19.3 Å². The van der Waals surface area contributed by atoms with Gasteiger partial charge in [-0.1, -0.05) is 0 Å². The molecule has 7 heteroatoms. The Kier molecular flexibility index (Phi) is 6.44. The second-order valence-electron chi connectivity index (χ2n) is 4.85. The van der Waals surface area contributed by atoms with Crippen molar-refractivity contribution >= 4 is 0 Å². The van der Waals surface area contributed by atoms with E-state index < -0.39 is 30.5 Å². The molecule has 1 aliphatic rings. The van der Waals surface area contributed by atoms with E-state index in [0.717, 1.165) is 0 Å². The molecule has 0 radical (unpaired) electrons. The third-order valence-electron chi connectivity index (χ3n) is 3.39. The van der Waals surface area contributed by atoms with Crippen LogP contribution >= 0.6 is 0 Å². The molecule has 7 N–H and O–H groups in total. The van der Waals surface area contributed by atoms with Crippen LogP contribution in [0.3, 0.4) is 0 Å². The SMILES string of the molecule is OCC(CO)NC1CC[C@@H](O)[C@@H](O)[C@H](O)[C@H](O)C1. The van der Waals surface area contributed by atoms with Crippen molar-refractivity contribution in [2.45, 2.75) is 55.8 Å². The fourth-order valence-corrected chi connectivity index (χ4v) is 2.19. The molecule has 1 unspecified atom stereocenters. The monoisotopic (exact) mass is 265 g/mol. The van der Waals surface area contributed by atoms with E-state index in [2.05, 4.69) is 5.32 Å². The Balaban J connectivity index is 2.60. The molecule has 18 heavy (non-hydrogen) atoms. The minimum absolute atomic E-state index is 0.182. The standard InChI is InChI=1S/C11H23NO6/c13-4-7(5-14)12-6-1-2-8(15)10(17)11(18)9(16)3-6/h6-18H,1-5H2/t6?,8-,9-,10-,11-/m1/s1. The summed E-state index contributed by atoms with van der Waals surface area (Å²) in [7, 11) is 0. The van der Waals surface area contributed by atoms with Crippen molar-refractivity contribution in [3.8, 4) is 0 Å². The summed E-state index contributed by atoms with van der Waals surface area (Å²) in [5.74, 6) is 0. The lowest BCUT2D eigenvalue weighted by molar-refractivity contribution is -0.118. The van der Waals surface area contributed by atoms with E-state index in [1.54, 1.807) is 0 Å². The molecule has 5 atom stereocenters. The third kappa shape index (κ3) is 4.13. The minimum Gasteiger partial charge on any atom is -0.395 e.